The van der Waals surface area contributed by atoms with E-state index >= 15 is 0 Å². The number of esters is 1. The molecule has 0 saturated carbocycles. The molecule has 0 bridgehead atoms. The standard InChI is InChI=1S/C17H20F3N3O5S/c1-3-27-15(25)10-22-8-12(7-21-22)6-13-9-23(28-16(26)17(18,19)20)5-4-14(13)29-11(2)24/h6-8,14H,3-5,9-10H2,1-2H3/b13-6+. The highest BCUT2D eigenvalue weighted by Gasteiger charge is 2.43. The van der Waals surface area contributed by atoms with Gasteiger partial charge < -0.3 is 9.57 Å². The lowest BCUT2D eigenvalue weighted by Gasteiger charge is -2.32. The first kappa shape index (κ1) is 22.9. The Balaban J connectivity index is 2.15. The largest absolute Gasteiger partial charge is 0.492 e. The lowest BCUT2D eigenvalue weighted by atomic mass is 10.0. The van der Waals surface area contributed by atoms with Gasteiger partial charge in [-0.15, -0.1) is 5.06 Å². The number of hydrogen-bond acceptors (Lipinski definition) is 8. The van der Waals surface area contributed by atoms with E-state index in [0.29, 0.717) is 17.6 Å². The zero-order valence-corrected chi connectivity index (χ0v) is 16.6. The third kappa shape index (κ3) is 7.20. The Hall–Kier alpha value is -2.34. The fourth-order valence-electron chi connectivity index (χ4n) is 2.65. The van der Waals surface area contributed by atoms with Gasteiger partial charge in [0, 0.05) is 30.5 Å². The smallest absolute Gasteiger partial charge is 0.465 e. The van der Waals surface area contributed by atoms with Crippen LogP contribution in [0.4, 0.5) is 13.2 Å². The van der Waals surface area contributed by atoms with Gasteiger partial charge in [0.25, 0.3) is 0 Å². The summed E-state index contributed by atoms with van der Waals surface area (Å²) in [5.41, 5.74) is 1.18. The van der Waals surface area contributed by atoms with E-state index in [9.17, 15) is 27.6 Å². The van der Waals surface area contributed by atoms with E-state index in [4.69, 9.17) is 4.74 Å². The molecule has 1 saturated heterocycles. The highest BCUT2D eigenvalue weighted by Crippen LogP contribution is 2.31. The third-order valence-electron chi connectivity index (χ3n) is 3.77. The minimum Gasteiger partial charge on any atom is -0.465 e. The third-order valence-corrected chi connectivity index (χ3v) is 4.92. The van der Waals surface area contributed by atoms with Crippen molar-refractivity contribution in [2.24, 2.45) is 0 Å². The van der Waals surface area contributed by atoms with Crippen molar-refractivity contribution < 1.29 is 37.1 Å². The van der Waals surface area contributed by atoms with Gasteiger partial charge >= 0.3 is 18.1 Å². The first-order chi connectivity index (χ1) is 13.6. The monoisotopic (exact) mass is 435 g/mol. The molecule has 29 heavy (non-hydrogen) atoms. The first-order valence-electron chi connectivity index (χ1n) is 8.68. The summed E-state index contributed by atoms with van der Waals surface area (Å²) in [6.45, 7) is 3.22. The summed E-state index contributed by atoms with van der Waals surface area (Å²) < 4.78 is 43.5. The molecule has 0 aromatic carbocycles. The van der Waals surface area contributed by atoms with Crippen molar-refractivity contribution in [3.8, 4) is 0 Å². The molecule has 2 rings (SSSR count). The maximum absolute atomic E-state index is 12.4. The average Bonchev–Trinajstić information content (AvgIpc) is 3.03. The number of halogens is 3. The van der Waals surface area contributed by atoms with Crippen LogP contribution >= 0.6 is 11.8 Å². The Morgan fingerprint density at radius 3 is 2.72 bits per heavy atom. The summed E-state index contributed by atoms with van der Waals surface area (Å²) >= 11 is 1.06. The number of carbonyl (C=O) groups excluding carboxylic acids is 3. The maximum Gasteiger partial charge on any atom is 0.492 e. The Morgan fingerprint density at radius 2 is 2.10 bits per heavy atom. The van der Waals surface area contributed by atoms with Crippen molar-refractivity contribution in [2.75, 3.05) is 19.7 Å². The second-order valence-corrected chi connectivity index (χ2v) is 7.50. The predicted octanol–water partition coefficient (Wildman–Crippen LogP) is 2.20. The molecule has 1 unspecified atom stereocenters. The Labute approximate surface area is 168 Å². The molecule has 0 aliphatic carbocycles. The van der Waals surface area contributed by atoms with Crippen molar-refractivity contribution >= 4 is 34.9 Å². The second kappa shape index (κ2) is 9.92. The topological polar surface area (TPSA) is 90.7 Å². The van der Waals surface area contributed by atoms with Crippen molar-refractivity contribution in [3.05, 3.63) is 23.5 Å². The number of thioether (sulfide) groups is 1. The highest BCUT2D eigenvalue weighted by atomic mass is 32.2. The highest BCUT2D eigenvalue weighted by molar-refractivity contribution is 8.14. The minimum absolute atomic E-state index is 0.0617. The van der Waals surface area contributed by atoms with Crippen LogP contribution in [-0.2, 0) is 30.5 Å². The summed E-state index contributed by atoms with van der Waals surface area (Å²) in [6.07, 6.45) is -0.0768. The lowest BCUT2D eigenvalue weighted by molar-refractivity contribution is -0.238. The fraction of sp³-hybridized carbons (Fsp3) is 0.529. The summed E-state index contributed by atoms with van der Waals surface area (Å²) in [6, 6.07) is 0. The zero-order chi connectivity index (χ0) is 21.6. The molecule has 1 aliphatic rings. The van der Waals surface area contributed by atoms with Crippen LogP contribution in [0.3, 0.4) is 0 Å². The number of hydroxylamine groups is 2. The van der Waals surface area contributed by atoms with Crippen LogP contribution in [0.1, 0.15) is 25.8 Å². The minimum atomic E-state index is -5.09. The van der Waals surface area contributed by atoms with Crippen LogP contribution in [0.15, 0.2) is 18.0 Å². The molecule has 0 amide bonds. The van der Waals surface area contributed by atoms with Gasteiger partial charge in [0.1, 0.15) is 6.54 Å². The number of rotatable bonds is 6. The van der Waals surface area contributed by atoms with E-state index in [0.717, 1.165) is 16.8 Å². The summed E-state index contributed by atoms with van der Waals surface area (Å²) in [5.74, 6) is -2.75. The van der Waals surface area contributed by atoms with Crippen LogP contribution in [0.5, 0.6) is 0 Å². The van der Waals surface area contributed by atoms with Gasteiger partial charge in [-0.2, -0.15) is 18.3 Å². The quantitative estimate of drug-likeness (QED) is 0.629. The number of nitrogens with zero attached hydrogens (tertiary/aromatic N) is 3. The Bertz CT molecular complexity index is 794. The molecule has 1 fully saturated rings. The van der Waals surface area contributed by atoms with E-state index in [1.54, 1.807) is 19.2 Å². The molecule has 8 nitrogen and oxygen atoms in total. The molecule has 1 aromatic heterocycles. The molecule has 12 heteroatoms. The maximum atomic E-state index is 12.4. The molecular formula is C17H20F3N3O5S. The first-order valence-corrected chi connectivity index (χ1v) is 9.56. The van der Waals surface area contributed by atoms with E-state index in [-0.39, 0.29) is 36.6 Å². The molecule has 0 radical (unpaired) electrons. The van der Waals surface area contributed by atoms with Crippen LogP contribution < -0.4 is 0 Å². The second-order valence-electron chi connectivity index (χ2n) is 6.12. The number of ether oxygens (including phenoxy) is 1. The summed E-state index contributed by atoms with van der Waals surface area (Å²) in [4.78, 5) is 38.5. The normalized spacial score (nSPS) is 19.2. The fourth-order valence-corrected chi connectivity index (χ4v) is 3.56. The molecule has 0 spiro atoms. The molecule has 2 heterocycles. The van der Waals surface area contributed by atoms with Gasteiger partial charge in [-0.25, -0.2) is 4.79 Å². The summed E-state index contributed by atoms with van der Waals surface area (Å²) in [7, 11) is 0. The van der Waals surface area contributed by atoms with E-state index < -0.39 is 18.1 Å². The molecule has 1 aromatic rings. The van der Waals surface area contributed by atoms with E-state index in [1.807, 2.05) is 0 Å². The van der Waals surface area contributed by atoms with E-state index in [1.165, 1.54) is 17.8 Å². The zero-order valence-electron chi connectivity index (χ0n) is 15.8. The van der Waals surface area contributed by atoms with Crippen molar-refractivity contribution in [2.45, 2.75) is 38.2 Å². The van der Waals surface area contributed by atoms with Crippen LogP contribution in [0.25, 0.3) is 6.08 Å². The number of carbonyl (C=O) groups is 3. The van der Waals surface area contributed by atoms with E-state index in [2.05, 4.69) is 9.94 Å². The van der Waals surface area contributed by atoms with Gasteiger partial charge in [0.15, 0.2) is 5.12 Å². The SMILES string of the molecule is CCOC(=O)Cn1cc(/C=C2\CN(OC(=O)C(F)(F)F)CCC2SC(C)=O)cn1. The average molecular weight is 435 g/mol. The lowest BCUT2D eigenvalue weighted by Crippen LogP contribution is -2.41. The Kier molecular flexibility index (Phi) is 7.85. The number of hydrogen-bond donors (Lipinski definition) is 0. The summed E-state index contributed by atoms with van der Waals surface area (Å²) in [5, 5.41) is 4.54. The van der Waals surface area contributed by atoms with Crippen LogP contribution in [0, 0.1) is 0 Å². The molecule has 160 valence electrons. The van der Waals surface area contributed by atoms with Crippen molar-refractivity contribution in [3.63, 3.8) is 0 Å². The molecular weight excluding hydrogens is 415 g/mol. The molecule has 1 aliphatic heterocycles. The number of piperidine rings is 1. The van der Waals surface area contributed by atoms with Crippen LogP contribution in [0.2, 0.25) is 0 Å². The van der Waals surface area contributed by atoms with Gasteiger partial charge in [0.05, 0.1) is 19.3 Å². The van der Waals surface area contributed by atoms with Gasteiger partial charge in [-0.1, -0.05) is 17.8 Å². The van der Waals surface area contributed by atoms with Crippen LogP contribution in [-0.4, -0.2) is 63.0 Å². The van der Waals surface area contributed by atoms with Crippen molar-refractivity contribution in [1.29, 1.82) is 0 Å². The number of aromatic nitrogens is 2. The van der Waals surface area contributed by atoms with Crippen molar-refractivity contribution in [1.82, 2.24) is 14.8 Å². The Morgan fingerprint density at radius 1 is 1.38 bits per heavy atom. The number of alkyl halides is 3. The van der Waals surface area contributed by atoms with Gasteiger partial charge in [-0.05, 0) is 18.9 Å². The van der Waals surface area contributed by atoms with Gasteiger partial charge in [0.2, 0.25) is 0 Å². The van der Waals surface area contributed by atoms with Gasteiger partial charge in [-0.3, -0.25) is 14.3 Å². The molecule has 0 N–H and O–H groups in total. The molecule has 1 atom stereocenters. The predicted molar refractivity (Wildman–Crippen MR) is 97.2 cm³/mol.